The van der Waals surface area contributed by atoms with E-state index in [0.717, 1.165) is 29.1 Å². The molecule has 1 heterocycles. The van der Waals surface area contributed by atoms with Gasteiger partial charge in [-0.1, -0.05) is 42.0 Å². The molecule has 5 nitrogen and oxygen atoms in total. The summed E-state index contributed by atoms with van der Waals surface area (Å²) in [6, 6.07) is 13.4. The second kappa shape index (κ2) is 7.96. The predicted molar refractivity (Wildman–Crippen MR) is 105 cm³/mol. The number of hydrogen-bond donors (Lipinski definition) is 0. The lowest BCUT2D eigenvalue weighted by atomic mass is 10.00. The average molecular weight is 385 g/mol. The Morgan fingerprint density at radius 2 is 1.81 bits per heavy atom. The number of unbranched alkanes of at least 4 members (excludes halogenated alkanes) is 2. The van der Waals surface area contributed by atoms with Crippen molar-refractivity contribution in [1.29, 1.82) is 0 Å². The van der Waals surface area contributed by atoms with Crippen molar-refractivity contribution in [2.45, 2.75) is 43.6 Å². The first-order valence-electron chi connectivity index (χ1n) is 8.97. The molecule has 2 aromatic rings. The molecule has 2 aromatic carbocycles. The van der Waals surface area contributed by atoms with Crippen LogP contribution in [0, 0.1) is 6.92 Å². The molecule has 0 radical (unpaired) electrons. The third kappa shape index (κ3) is 3.90. The Balaban J connectivity index is 1.95. The summed E-state index contributed by atoms with van der Waals surface area (Å²) in [5, 5.41) is 0. The van der Waals surface area contributed by atoms with Crippen LogP contribution in [0.2, 0.25) is 0 Å². The maximum Gasteiger partial charge on any atom is 0.429 e. The number of benzene rings is 2. The van der Waals surface area contributed by atoms with Crippen LogP contribution in [0.25, 0.3) is 0 Å². The fourth-order valence-electron chi connectivity index (χ4n) is 3.15. The molecule has 27 heavy (non-hydrogen) atoms. The van der Waals surface area contributed by atoms with Gasteiger partial charge in [-0.15, -0.1) is 6.58 Å². The lowest BCUT2D eigenvalue weighted by molar-refractivity contribution is 0.0951. The Kier molecular flexibility index (Phi) is 5.65. The van der Waals surface area contributed by atoms with Crippen molar-refractivity contribution in [2.75, 3.05) is 4.31 Å². The van der Waals surface area contributed by atoms with Gasteiger partial charge >= 0.3 is 6.09 Å². The van der Waals surface area contributed by atoms with E-state index in [-0.39, 0.29) is 4.90 Å². The van der Waals surface area contributed by atoms with E-state index in [4.69, 9.17) is 4.74 Å². The normalized spacial score (nSPS) is 16.6. The lowest BCUT2D eigenvalue weighted by Gasteiger charge is -2.33. The summed E-state index contributed by atoms with van der Waals surface area (Å²) in [7, 11) is -4.05. The number of cyclic esters (lactones) is 1. The summed E-state index contributed by atoms with van der Waals surface area (Å²) in [5.41, 5.74) is 2.02. The van der Waals surface area contributed by atoms with Crippen LogP contribution in [0.5, 0.6) is 0 Å². The molecule has 0 fully saturated rings. The van der Waals surface area contributed by atoms with Crippen LogP contribution in [-0.2, 0) is 14.8 Å². The summed E-state index contributed by atoms with van der Waals surface area (Å²) in [4.78, 5) is 12.7. The fraction of sp³-hybridized carbons (Fsp3) is 0.286. The van der Waals surface area contributed by atoms with Crippen molar-refractivity contribution in [1.82, 2.24) is 0 Å². The monoisotopic (exact) mass is 385 g/mol. The van der Waals surface area contributed by atoms with Crippen molar-refractivity contribution >= 4 is 21.8 Å². The smallest absolute Gasteiger partial charge is 0.429 e. The van der Waals surface area contributed by atoms with E-state index in [1.54, 1.807) is 24.3 Å². The van der Waals surface area contributed by atoms with Gasteiger partial charge in [0, 0.05) is 5.56 Å². The molecule has 3 rings (SSSR count). The number of rotatable bonds is 7. The summed E-state index contributed by atoms with van der Waals surface area (Å²) >= 11 is 0. The molecule has 1 amide bonds. The topological polar surface area (TPSA) is 63.7 Å². The van der Waals surface area contributed by atoms with Crippen LogP contribution in [0.1, 0.15) is 42.9 Å². The maximum atomic E-state index is 13.1. The Hall–Kier alpha value is -2.60. The van der Waals surface area contributed by atoms with Crippen LogP contribution in [0.3, 0.4) is 0 Å². The van der Waals surface area contributed by atoms with Crippen LogP contribution in [-0.4, -0.2) is 14.5 Å². The van der Waals surface area contributed by atoms with Crippen LogP contribution < -0.4 is 4.31 Å². The minimum absolute atomic E-state index is 0.0595. The number of sulfonamides is 1. The number of carbonyl (C=O) groups excluding carboxylic acids is 1. The Morgan fingerprint density at radius 1 is 1.11 bits per heavy atom. The van der Waals surface area contributed by atoms with E-state index >= 15 is 0 Å². The van der Waals surface area contributed by atoms with Crippen molar-refractivity contribution in [3.05, 3.63) is 72.3 Å². The second-order valence-corrected chi connectivity index (χ2v) is 8.37. The number of anilines is 1. The number of allylic oxidation sites excluding steroid dienone is 1. The SMILES string of the molecule is C=CCCCCC1OC(=O)N(S(=O)(=O)c2ccc(C)cc2)c2ccccc21. The van der Waals surface area contributed by atoms with Crippen molar-refractivity contribution in [3.63, 3.8) is 0 Å². The number of nitrogens with zero attached hydrogens (tertiary/aromatic N) is 1. The minimum atomic E-state index is -4.05. The van der Waals surface area contributed by atoms with Gasteiger partial charge < -0.3 is 4.74 Å². The number of ether oxygens (including phenoxy) is 1. The molecule has 0 aromatic heterocycles. The largest absolute Gasteiger partial charge is 0.440 e. The third-order valence-electron chi connectivity index (χ3n) is 4.60. The van der Waals surface area contributed by atoms with Gasteiger partial charge in [0.25, 0.3) is 10.0 Å². The quantitative estimate of drug-likeness (QED) is 0.490. The summed E-state index contributed by atoms with van der Waals surface area (Å²) < 4.78 is 32.5. The van der Waals surface area contributed by atoms with Gasteiger partial charge in [0.05, 0.1) is 10.6 Å². The number of carbonyl (C=O) groups is 1. The first kappa shape index (κ1) is 19.2. The van der Waals surface area contributed by atoms with Gasteiger partial charge in [0.15, 0.2) is 0 Å². The molecule has 142 valence electrons. The van der Waals surface area contributed by atoms with E-state index in [0.29, 0.717) is 17.7 Å². The Morgan fingerprint density at radius 3 is 2.52 bits per heavy atom. The molecule has 0 spiro atoms. The summed E-state index contributed by atoms with van der Waals surface area (Å²) in [6.45, 7) is 5.58. The molecule has 0 N–H and O–H groups in total. The molecule has 1 aliphatic rings. The third-order valence-corrected chi connectivity index (χ3v) is 6.29. The minimum Gasteiger partial charge on any atom is -0.440 e. The Bertz CT molecular complexity index is 935. The average Bonchev–Trinajstić information content (AvgIpc) is 2.65. The molecule has 0 saturated carbocycles. The number of para-hydroxylation sites is 1. The summed E-state index contributed by atoms with van der Waals surface area (Å²) in [6.07, 6.45) is 3.92. The van der Waals surface area contributed by atoms with E-state index in [9.17, 15) is 13.2 Å². The van der Waals surface area contributed by atoms with Crippen molar-refractivity contribution < 1.29 is 17.9 Å². The molecule has 0 saturated heterocycles. The molecular weight excluding hydrogens is 362 g/mol. The number of aryl methyl sites for hydroxylation is 1. The molecular formula is C21H23NO4S. The number of fused-ring (bicyclic) bond motifs is 1. The first-order valence-corrected chi connectivity index (χ1v) is 10.4. The highest BCUT2D eigenvalue weighted by Gasteiger charge is 2.40. The number of amides is 1. The predicted octanol–water partition coefficient (Wildman–Crippen LogP) is 5.13. The zero-order valence-corrected chi connectivity index (χ0v) is 16.1. The first-order chi connectivity index (χ1) is 12.9. The van der Waals surface area contributed by atoms with E-state index < -0.39 is 22.2 Å². The molecule has 0 aliphatic carbocycles. The van der Waals surface area contributed by atoms with Gasteiger partial charge in [-0.2, -0.15) is 4.31 Å². The van der Waals surface area contributed by atoms with Crippen molar-refractivity contribution in [2.24, 2.45) is 0 Å². The molecule has 0 bridgehead atoms. The lowest BCUT2D eigenvalue weighted by Crippen LogP contribution is -2.42. The molecule has 6 heteroatoms. The highest BCUT2D eigenvalue weighted by Crippen LogP contribution is 2.40. The van der Waals surface area contributed by atoms with Crippen LogP contribution in [0.4, 0.5) is 10.5 Å². The summed E-state index contributed by atoms with van der Waals surface area (Å²) in [5.74, 6) is 0. The zero-order valence-electron chi connectivity index (χ0n) is 15.3. The molecule has 1 unspecified atom stereocenters. The van der Waals surface area contributed by atoms with Gasteiger partial charge in [0.1, 0.15) is 6.10 Å². The standard InChI is InChI=1S/C21H23NO4S/c1-3-4-5-6-11-20-18-9-7-8-10-19(18)22(21(23)26-20)27(24,25)17-14-12-16(2)13-15-17/h3,7-10,12-15,20H,1,4-6,11H2,2H3. The highest BCUT2D eigenvalue weighted by molar-refractivity contribution is 7.93. The van der Waals surface area contributed by atoms with E-state index in [1.165, 1.54) is 12.1 Å². The highest BCUT2D eigenvalue weighted by atomic mass is 32.2. The molecule has 1 atom stereocenters. The number of hydrogen-bond acceptors (Lipinski definition) is 4. The van der Waals surface area contributed by atoms with Crippen LogP contribution >= 0.6 is 0 Å². The van der Waals surface area contributed by atoms with E-state index in [1.807, 2.05) is 25.1 Å². The van der Waals surface area contributed by atoms with Gasteiger partial charge in [-0.3, -0.25) is 0 Å². The Labute approximate surface area is 160 Å². The molecule has 1 aliphatic heterocycles. The van der Waals surface area contributed by atoms with Crippen molar-refractivity contribution in [3.8, 4) is 0 Å². The van der Waals surface area contributed by atoms with E-state index in [2.05, 4.69) is 6.58 Å². The van der Waals surface area contributed by atoms with Gasteiger partial charge in [0.2, 0.25) is 0 Å². The van der Waals surface area contributed by atoms with Gasteiger partial charge in [-0.25, -0.2) is 13.2 Å². The second-order valence-electron chi connectivity index (χ2n) is 6.59. The fourth-order valence-corrected chi connectivity index (χ4v) is 4.51. The van der Waals surface area contributed by atoms with Gasteiger partial charge in [-0.05, 0) is 50.8 Å². The zero-order chi connectivity index (χ0) is 19.4. The van der Waals surface area contributed by atoms with Crippen LogP contribution in [0.15, 0.2) is 66.1 Å². The maximum absolute atomic E-state index is 13.1.